The van der Waals surface area contributed by atoms with Crippen LogP contribution in [0.2, 0.25) is 0 Å². The Hall–Kier alpha value is -3.52. The van der Waals surface area contributed by atoms with E-state index in [4.69, 9.17) is 28.4 Å². The zero-order chi connectivity index (χ0) is 37.8. The summed E-state index contributed by atoms with van der Waals surface area (Å²) in [6.45, 7) is 9.10. The summed E-state index contributed by atoms with van der Waals surface area (Å²) in [6.07, 6.45) is 1.35. The van der Waals surface area contributed by atoms with Crippen LogP contribution in [-0.2, 0) is 51.7 Å². The summed E-state index contributed by atoms with van der Waals surface area (Å²) in [4.78, 5) is 14.9. The molecule has 0 amide bonds. The Morgan fingerprint density at radius 1 is 0.943 bits per heavy atom. The zero-order valence-corrected chi connectivity index (χ0v) is 32.6. The molecule has 0 aliphatic carbocycles. The molecule has 3 aromatic rings. The SMILES string of the molecule is COCCCN1CCOc2ccc(CO[C@H]3CN(S(=O)(=O)c4ccc(C)cc4)[C@@H](CCC(=O)OC)C[C@@H]3c3ccc(COC[C@@H](C)COC)cc3)cc21. The van der Waals surface area contributed by atoms with Crippen molar-refractivity contribution in [3.63, 3.8) is 0 Å². The van der Waals surface area contributed by atoms with Crippen LogP contribution in [0.25, 0.3) is 0 Å². The number of fused-ring (bicyclic) bond motifs is 1. The lowest BCUT2D eigenvalue weighted by Gasteiger charge is -2.43. The summed E-state index contributed by atoms with van der Waals surface area (Å²) < 4.78 is 64.4. The lowest BCUT2D eigenvalue weighted by molar-refractivity contribution is -0.141. The molecule has 11 nitrogen and oxygen atoms in total. The number of anilines is 1. The maximum atomic E-state index is 14.3. The summed E-state index contributed by atoms with van der Waals surface area (Å²) in [5, 5.41) is 0. The summed E-state index contributed by atoms with van der Waals surface area (Å²) >= 11 is 0. The molecule has 2 heterocycles. The maximum Gasteiger partial charge on any atom is 0.305 e. The van der Waals surface area contributed by atoms with E-state index in [0.717, 1.165) is 53.2 Å². The van der Waals surface area contributed by atoms with Gasteiger partial charge in [-0.1, -0.05) is 55.0 Å². The van der Waals surface area contributed by atoms with Gasteiger partial charge in [0.15, 0.2) is 0 Å². The van der Waals surface area contributed by atoms with Crippen LogP contribution in [0.5, 0.6) is 5.75 Å². The highest BCUT2D eigenvalue weighted by Crippen LogP contribution is 2.39. The monoisotopic (exact) mass is 752 g/mol. The van der Waals surface area contributed by atoms with Gasteiger partial charge in [-0.05, 0) is 67.1 Å². The molecule has 0 aromatic heterocycles. The van der Waals surface area contributed by atoms with Crippen LogP contribution in [0.15, 0.2) is 71.6 Å². The fraction of sp³-hybridized carbons (Fsp3) is 0.537. The second-order valence-electron chi connectivity index (χ2n) is 14.1. The largest absolute Gasteiger partial charge is 0.490 e. The van der Waals surface area contributed by atoms with Crippen molar-refractivity contribution in [1.82, 2.24) is 4.31 Å². The molecule has 290 valence electrons. The minimum absolute atomic E-state index is 0.106. The third kappa shape index (κ3) is 11.0. The number of esters is 1. The van der Waals surface area contributed by atoms with E-state index in [-0.39, 0.29) is 36.4 Å². The minimum Gasteiger partial charge on any atom is -0.490 e. The highest BCUT2D eigenvalue weighted by Gasteiger charge is 2.43. The van der Waals surface area contributed by atoms with Crippen molar-refractivity contribution in [2.24, 2.45) is 5.92 Å². The summed E-state index contributed by atoms with van der Waals surface area (Å²) in [7, 11) is 0.836. The lowest BCUT2D eigenvalue weighted by atomic mass is 9.82. The third-order valence-electron chi connectivity index (χ3n) is 10.0. The molecule has 2 aliphatic rings. The van der Waals surface area contributed by atoms with Gasteiger partial charge in [-0.15, -0.1) is 0 Å². The van der Waals surface area contributed by atoms with Crippen LogP contribution < -0.4 is 9.64 Å². The first-order valence-corrected chi connectivity index (χ1v) is 20.0. The van der Waals surface area contributed by atoms with E-state index < -0.39 is 22.2 Å². The number of aryl methyl sites for hydroxylation is 1. The lowest BCUT2D eigenvalue weighted by Crippen LogP contribution is -2.52. The number of piperidine rings is 1. The van der Waals surface area contributed by atoms with Gasteiger partial charge < -0.3 is 33.3 Å². The molecule has 53 heavy (non-hydrogen) atoms. The molecular formula is C41H56N2O9S. The molecule has 0 bridgehead atoms. The van der Waals surface area contributed by atoms with Crippen molar-refractivity contribution in [1.29, 1.82) is 0 Å². The number of methoxy groups -OCH3 is 3. The second-order valence-corrected chi connectivity index (χ2v) is 16.0. The van der Waals surface area contributed by atoms with Crippen LogP contribution in [0, 0.1) is 12.8 Å². The van der Waals surface area contributed by atoms with E-state index in [0.29, 0.717) is 51.8 Å². The predicted molar refractivity (Wildman–Crippen MR) is 204 cm³/mol. The van der Waals surface area contributed by atoms with Gasteiger partial charge >= 0.3 is 5.97 Å². The van der Waals surface area contributed by atoms with Crippen molar-refractivity contribution in [2.45, 2.75) is 75.7 Å². The summed E-state index contributed by atoms with van der Waals surface area (Å²) in [6, 6.07) is 20.9. The van der Waals surface area contributed by atoms with Crippen molar-refractivity contribution in [2.75, 3.05) is 72.3 Å². The number of carbonyl (C=O) groups excluding carboxylic acids is 1. The first-order valence-electron chi connectivity index (χ1n) is 18.5. The number of sulfonamides is 1. The molecule has 0 radical (unpaired) electrons. The van der Waals surface area contributed by atoms with Gasteiger partial charge in [0.1, 0.15) is 12.4 Å². The van der Waals surface area contributed by atoms with E-state index in [1.165, 1.54) is 7.11 Å². The molecular weight excluding hydrogens is 697 g/mol. The average Bonchev–Trinajstić information content (AvgIpc) is 3.16. The normalized spacial score (nSPS) is 19.7. The zero-order valence-electron chi connectivity index (χ0n) is 31.8. The van der Waals surface area contributed by atoms with Gasteiger partial charge in [-0.2, -0.15) is 4.31 Å². The first kappa shape index (κ1) is 40.7. The van der Waals surface area contributed by atoms with Gasteiger partial charge in [0, 0.05) is 58.2 Å². The maximum absolute atomic E-state index is 14.3. The Labute approximate surface area is 315 Å². The topological polar surface area (TPSA) is 113 Å². The minimum atomic E-state index is -3.92. The molecule has 12 heteroatoms. The molecule has 0 unspecified atom stereocenters. The van der Waals surface area contributed by atoms with Gasteiger partial charge in [0.25, 0.3) is 0 Å². The third-order valence-corrected chi connectivity index (χ3v) is 12.0. The average molecular weight is 753 g/mol. The molecule has 2 aliphatic heterocycles. The predicted octanol–water partition coefficient (Wildman–Crippen LogP) is 6.11. The number of carbonyl (C=O) groups is 1. The molecule has 0 spiro atoms. The summed E-state index contributed by atoms with van der Waals surface area (Å²) in [5.74, 6) is 0.630. The summed E-state index contributed by atoms with van der Waals surface area (Å²) in [5.41, 5.74) is 5.06. The van der Waals surface area contributed by atoms with E-state index in [9.17, 15) is 13.2 Å². The molecule has 1 saturated heterocycles. The van der Waals surface area contributed by atoms with Crippen LogP contribution in [0.4, 0.5) is 5.69 Å². The van der Waals surface area contributed by atoms with Crippen molar-refractivity contribution in [3.05, 3.63) is 89.0 Å². The molecule has 5 rings (SSSR count). The quantitative estimate of drug-likeness (QED) is 0.105. The van der Waals surface area contributed by atoms with Crippen molar-refractivity contribution in [3.8, 4) is 5.75 Å². The number of ether oxygens (including phenoxy) is 6. The Morgan fingerprint density at radius 2 is 1.70 bits per heavy atom. The standard InChI is InChI=1S/C41H56N2O9S/c1-30-7-15-36(16-8-30)53(45,46)43-25-40(52-29-33-11-17-39-38(23-33)42(20-22-51-39)19-6-21-47-3)37(24-35(43)14-18-41(44)49-5)34-12-9-32(10-13-34)28-50-27-31(2)26-48-4/h7-13,15-17,23,31,35,37,40H,6,14,18-22,24-29H2,1-5H3/t31-,35-,37+,40-/m0/s1. The smallest absolute Gasteiger partial charge is 0.305 e. The number of hydrogen-bond acceptors (Lipinski definition) is 10. The number of benzene rings is 3. The van der Waals surface area contributed by atoms with Crippen LogP contribution in [0.1, 0.15) is 60.8 Å². The van der Waals surface area contributed by atoms with E-state index >= 15 is 0 Å². The molecule has 0 saturated carbocycles. The van der Waals surface area contributed by atoms with E-state index in [1.54, 1.807) is 42.8 Å². The molecule has 1 fully saturated rings. The Kier molecular flexibility index (Phi) is 15.1. The van der Waals surface area contributed by atoms with Crippen molar-refractivity contribution < 1.29 is 41.6 Å². The number of hydrogen-bond donors (Lipinski definition) is 0. The molecule has 4 atom stereocenters. The van der Waals surface area contributed by atoms with Crippen LogP contribution >= 0.6 is 0 Å². The highest BCUT2D eigenvalue weighted by molar-refractivity contribution is 7.89. The first-order chi connectivity index (χ1) is 25.6. The Balaban J connectivity index is 1.42. The van der Waals surface area contributed by atoms with E-state index in [2.05, 4.69) is 42.2 Å². The second kappa shape index (κ2) is 19.7. The van der Waals surface area contributed by atoms with E-state index in [1.807, 2.05) is 19.1 Å². The van der Waals surface area contributed by atoms with Crippen LogP contribution in [0.3, 0.4) is 0 Å². The fourth-order valence-corrected chi connectivity index (χ4v) is 8.82. The van der Waals surface area contributed by atoms with Gasteiger partial charge in [-0.3, -0.25) is 4.79 Å². The Bertz CT molecular complexity index is 1700. The van der Waals surface area contributed by atoms with Crippen LogP contribution in [-0.4, -0.2) is 98.2 Å². The van der Waals surface area contributed by atoms with Crippen molar-refractivity contribution >= 4 is 21.7 Å². The van der Waals surface area contributed by atoms with Gasteiger partial charge in [-0.25, -0.2) is 8.42 Å². The van der Waals surface area contributed by atoms with Gasteiger partial charge in [0.05, 0.1) is 56.8 Å². The molecule has 3 aromatic carbocycles. The number of rotatable bonds is 19. The molecule has 0 N–H and O–H groups in total. The number of nitrogens with zero attached hydrogens (tertiary/aromatic N) is 2. The highest BCUT2D eigenvalue weighted by atomic mass is 32.2. The Morgan fingerprint density at radius 3 is 2.42 bits per heavy atom. The fourth-order valence-electron chi connectivity index (χ4n) is 7.14. The van der Waals surface area contributed by atoms with Gasteiger partial charge in [0.2, 0.25) is 10.0 Å².